The fourth-order valence-corrected chi connectivity index (χ4v) is 2.38. The van der Waals surface area contributed by atoms with Gasteiger partial charge >= 0.3 is 0 Å². The van der Waals surface area contributed by atoms with Crippen molar-refractivity contribution in [2.24, 2.45) is 0 Å². The van der Waals surface area contributed by atoms with Crippen molar-refractivity contribution in [3.63, 3.8) is 0 Å². The van der Waals surface area contributed by atoms with E-state index in [9.17, 15) is 8.42 Å². The Hall–Kier alpha value is -1.53. The molecule has 2 rings (SSSR count). The monoisotopic (exact) mass is 299 g/mol. The summed E-state index contributed by atoms with van der Waals surface area (Å²) in [6.07, 6.45) is 1.60. The van der Waals surface area contributed by atoms with Crippen molar-refractivity contribution < 1.29 is 8.42 Å². The van der Waals surface area contributed by atoms with Crippen LogP contribution in [0.5, 0.6) is 0 Å². The van der Waals surface area contributed by atoms with Crippen LogP contribution in [0, 0.1) is 0 Å². The zero-order valence-corrected chi connectivity index (χ0v) is 11.9. The highest BCUT2D eigenvalue weighted by Crippen LogP contribution is 2.21. The largest absolute Gasteiger partial charge is 0.265 e. The molecule has 0 unspecified atom stereocenters. The van der Waals surface area contributed by atoms with Gasteiger partial charge in [0.15, 0.2) is 5.82 Å². The van der Waals surface area contributed by atoms with Crippen LogP contribution in [0.15, 0.2) is 36.5 Å². The van der Waals surface area contributed by atoms with Gasteiger partial charge < -0.3 is 0 Å². The van der Waals surface area contributed by atoms with E-state index < -0.39 is 10.0 Å². The Labute approximate surface area is 117 Å². The molecule has 0 aliphatic rings. The number of aromatic nitrogens is 2. The van der Waals surface area contributed by atoms with Gasteiger partial charge in [0.2, 0.25) is 10.0 Å². The summed E-state index contributed by atoms with van der Waals surface area (Å²) < 4.78 is 26.9. The SMILES string of the molecule is CCS(=O)(=O)Nc1nn(Cc2ccccc2)cc1Cl. The van der Waals surface area contributed by atoms with E-state index in [2.05, 4.69) is 9.82 Å². The second-order valence-electron chi connectivity index (χ2n) is 4.01. The summed E-state index contributed by atoms with van der Waals surface area (Å²) in [5, 5.41) is 4.42. The summed E-state index contributed by atoms with van der Waals surface area (Å²) in [7, 11) is -3.36. The van der Waals surface area contributed by atoms with E-state index in [1.807, 2.05) is 30.3 Å². The molecule has 1 aromatic carbocycles. The third-order valence-electron chi connectivity index (χ3n) is 2.54. The maximum Gasteiger partial charge on any atom is 0.233 e. The second kappa shape index (κ2) is 5.63. The molecule has 0 fully saturated rings. The number of benzene rings is 1. The van der Waals surface area contributed by atoms with Crippen molar-refractivity contribution in [1.82, 2.24) is 9.78 Å². The lowest BCUT2D eigenvalue weighted by atomic mass is 10.2. The van der Waals surface area contributed by atoms with Gasteiger partial charge in [-0.15, -0.1) is 0 Å². The molecule has 1 N–H and O–H groups in total. The van der Waals surface area contributed by atoms with E-state index >= 15 is 0 Å². The van der Waals surface area contributed by atoms with Gasteiger partial charge in [0.1, 0.15) is 5.02 Å². The molecule has 1 heterocycles. The molecule has 2 aromatic rings. The molecule has 0 spiro atoms. The Morgan fingerprint density at radius 3 is 2.63 bits per heavy atom. The average molecular weight is 300 g/mol. The van der Waals surface area contributed by atoms with Gasteiger partial charge in [-0.2, -0.15) is 5.10 Å². The summed E-state index contributed by atoms with van der Waals surface area (Å²) in [6, 6.07) is 9.72. The van der Waals surface area contributed by atoms with Crippen molar-refractivity contribution in [3.8, 4) is 0 Å². The van der Waals surface area contributed by atoms with Crippen molar-refractivity contribution in [2.75, 3.05) is 10.5 Å². The van der Waals surface area contributed by atoms with E-state index in [1.54, 1.807) is 17.8 Å². The van der Waals surface area contributed by atoms with Crippen LogP contribution in [0.25, 0.3) is 0 Å². The topological polar surface area (TPSA) is 64.0 Å². The Kier molecular flexibility index (Phi) is 4.11. The third-order valence-corrected chi connectivity index (χ3v) is 4.08. The highest BCUT2D eigenvalue weighted by molar-refractivity contribution is 7.92. The summed E-state index contributed by atoms with van der Waals surface area (Å²) in [5.74, 6) is 0.147. The summed E-state index contributed by atoms with van der Waals surface area (Å²) in [4.78, 5) is 0. The van der Waals surface area contributed by atoms with E-state index in [4.69, 9.17) is 11.6 Å². The maximum atomic E-state index is 11.5. The predicted molar refractivity (Wildman–Crippen MR) is 75.9 cm³/mol. The lowest BCUT2D eigenvalue weighted by Gasteiger charge is -2.03. The number of nitrogens with one attached hydrogen (secondary N) is 1. The van der Waals surface area contributed by atoms with Gasteiger partial charge in [0.05, 0.1) is 12.3 Å². The van der Waals surface area contributed by atoms with Crippen molar-refractivity contribution in [2.45, 2.75) is 13.5 Å². The number of halogens is 1. The van der Waals surface area contributed by atoms with Gasteiger partial charge in [-0.25, -0.2) is 8.42 Å². The number of hydrogen-bond acceptors (Lipinski definition) is 3. The normalized spacial score (nSPS) is 11.5. The third kappa shape index (κ3) is 3.71. The summed E-state index contributed by atoms with van der Waals surface area (Å²) in [5.41, 5.74) is 1.06. The Bertz CT molecular complexity index is 653. The number of sulfonamides is 1. The highest BCUT2D eigenvalue weighted by Gasteiger charge is 2.13. The van der Waals surface area contributed by atoms with Crippen molar-refractivity contribution in [3.05, 3.63) is 47.1 Å². The molecule has 0 amide bonds. The van der Waals surface area contributed by atoms with Crippen LogP contribution in [-0.4, -0.2) is 24.0 Å². The molecule has 0 bridgehead atoms. The van der Waals surface area contributed by atoms with E-state index in [0.717, 1.165) is 5.56 Å². The number of hydrogen-bond donors (Lipinski definition) is 1. The number of rotatable bonds is 5. The highest BCUT2D eigenvalue weighted by atomic mass is 35.5. The predicted octanol–water partition coefficient (Wildman–Crippen LogP) is 2.35. The summed E-state index contributed by atoms with van der Waals surface area (Å²) in [6.45, 7) is 2.09. The molecule has 5 nitrogen and oxygen atoms in total. The Morgan fingerprint density at radius 1 is 1.32 bits per heavy atom. The van der Waals surface area contributed by atoms with E-state index in [-0.39, 0.29) is 16.6 Å². The zero-order valence-electron chi connectivity index (χ0n) is 10.4. The van der Waals surface area contributed by atoms with Crippen molar-refractivity contribution >= 4 is 27.4 Å². The first-order valence-corrected chi connectivity index (χ1v) is 7.80. The lowest BCUT2D eigenvalue weighted by molar-refractivity contribution is 0.602. The van der Waals surface area contributed by atoms with Gasteiger partial charge in [-0.1, -0.05) is 41.9 Å². The van der Waals surface area contributed by atoms with Crippen LogP contribution in [0.1, 0.15) is 12.5 Å². The fraction of sp³-hybridized carbons (Fsp3) is 0.250. The first kappa shape index (κ1) is 13.9. The summed E-state index contributed by atoms with van der Waals surface area (Å²) >= 11 is 5.96. The van der Waals surface area contributed by atoms with Gasteiger partial charge in [0, 0.05) is 6.20 Å². The van der Waals surface area contributed by atoms with E-state index in [1.165, 1.54) is 0 Å². The molecule has 1 aromatic heterocycles. The molecule has 0 aliphatic carbocycles. The Morgan fingerprint density at radius 2 is 2.00 bits per heavy atom. The molecule has 0 radical (unpaired) electrons. The minimum absolute atomic E-state index is 0.0190. The zero-order chi connectivity index (χ0) is 13.9. The lowest BCUT2D eigenvalue weighted by Crippen LogP contribution is -2.15. The first-order valence-electron chi connectivity index (χ1n) is 5.77. The standard InChI is InChI=1S/C12H14ClN3O2S/c1-2-19(17,18)15-12-11(13)9-16(14-12)8-10-6-4-3-5-7-10/h3-7,9H,2,8H2,1H3,(H,14,15). The quantitative estimate of drug-likeness (QED) is 0.921. The van der Waals surface area contributed by atoms with Crippen LogP contribution in [0.4, 0.5) is 5.82 Å². The second-order valence-corrected chi connectivity index (χ2v) is 6.43. The van der Waals surface area contributed by atoms with Crippen LogP contribution < -0.4 is 4.72 Å². The van der Waals surface area contributed by atoms with Crippen molar-refractivity contribution in [1.29, 1.82) is 0 Å². The van der Waals surface area contributed by atoms with Crippen LogP contribution in [0.2, 0.25) is 5.02 Å². The average Bonchev–Trinajstić information content (AvgIpc) is 2.70. The van der Waals surface area contributed by atoms with Gasteiger partial charge in [0.25, 0.3) is 0 Å². The first-order chi connectivity index (χ1) is 9.00. The molecule has 0 atom stereocenters. The maximum absolute atomic E-state index is 11.5. The molecular weight excluding hydrogens is 286 g/mol. The van der Waals surface area contributed by atoms with E-state index in [0.29, 0.717) is 6.54 Å². The fourth-order valence-electron chi connectivity index (χ4n) is 1.54. The molecule has 102 valence electrons. The molecule has 19 heavy (non-hydrogen) atoms. The molecule has 0 aliphatic heterocycles. The van der Waals surface area contributed by atoms with Crippen LogP contribution in [0.3, 0.4) is 0 Å². The molecule has 0 saturated heterocycles. The minimum atomic E-state index is -3.36. The van der Waals surface area contributed by atoms with Gasteiger partial charge in [-0.3, -0.25) is 9.40 Å². The van der Waals surface area contributed by atoms with Crippen LogP contribution >= 0.6 is 11.6 Å². The smallest absolute Gasteiger partial charge is 0.233 e. The minimum Gasteiger partial charge on any atom is -0.265 e. The molecular formula is C12H14ClN3O2S. The van der Waals surface area contributed by atoms with Crippen LogP contribution in [-0.2, 0) is 16.6 Å². The number of anilines is 1. The molecule has 0 saturated carbocycles. The van der Waals surface area contributed by atoms with Gasteiger partial charge in [-0.05, 0) is 12.5 Å². The molecule has 7 heteroatoms. The Balaban J connectivity index is 2.17. The number of nitrogens with zero attached hydrogens (tertiary/aromatic N) is 2.